The van der Waals surface area contributed by atoms with Gasteiger partial charge in [-0.2, -0.15) is 23.5 Å². The Morgan fingerprint density at radius 2 is 1.54 bits per heavy atom. The van der Waals surface area contributed by atoms with E-state index < -0.39 is 35.9 Å². The topological polar surface area (TPSA) is 122 Å². The van der Waals surface area contributed by atoms with Gasteiger partial charge in [0.25, 0.3) is 0 Å². The van der Waals surface area contributed by atoms with Crippen LogP contribution in [-0.4, -0.2) is 65.0 Å². The molecule has 7 nitrogen and oxygen atoms in total. The van der Waals surface area contributed by atoms with Gasteiger partial charge >= 0.3 is 5.97 Å². The van der Waals surface area contributed by atoms with Crippen LogP contribution in [-0.2, 0) is 14.4 Å². The highest BCUT2D eigenvalue weighted by atomic mass is 32.2. The Morgan fingerprint density at radius 3 is 2.00 bits per heavy atom. The van der Waals surface area contributed by atoms with Crippen LogP contribution in [0.3, 0.4) is 0 Å². The average Bonchev–Trinajstić information content (AvgIpc) is 2.52. The number of carbonyl (C=O) groups excluding carboxylic acids is 2. The minimum Gasteiger partial charge on any atom is -0.480 e. The molecule has 0 rings (SSSR count). The van der Waals surface area contributed by atoms with E-state index in [-0.39, 0.29) is 5.92 Å². The van der Waals surface area contributed by atoms with E-state index in [2.05, 4.69) is 10.6 Å². The van der Waals surface area contributed by atoms with Crippen molar-refractivity contribution in [3.05, 3.63) is 0 Å². The van der Waals surface area contributed by atoms with E-state index in [4.69, 9.17) is 5.73 Å². The van der Waals surface area contributed by atoms with Crippen molar-refractivity contribution < 1.29 is 19.5 Å². The summed E-state index contributed by atoms with van der Waals surface area (Å²) in [4.78, 5) is 35.8. The first-order valence-electron chi connectivity index (χ1n) is 7.81. The van der Waals surface area contributed by atoms with Gasteiger partial charge in [0.2, 0.25) is 11.8 Å². The fourth-order valence-corrected chi connectivity index (χ4v) is 2.89. The standard InChI is InChI=1S/C15H29N3O4S2/c1-9(2)12(18-13(19)10(16)5-7-23-3)14(20)17-11(15(21)22)6-8-24-4/h9-12H,5-8,16H2,1-4H3,(H,17,20)(H,18,19)(H,21,22)/t10-,11-,12-/m0/s1. The number of carbonyl (C=O) groups is 3. The predicted octanol–water partition coefficient (Wildman–Crippen LogP) is 0.530. The zero-order valence-corrected chi connectivity index (χ0v) is 16.3. The highest BCUT2D eigenvalue weighted by Gasteiger charge is 2.29. The fraction of sp³-hybridized carbons (Fsp3) is 0.800. The Hall–Kier alpha value is -0.930. The summed E-state index contributed by atoms with van der Waals surface area (Å²) in [5.74, 6) is -0.782. The third-order valence-corrected chi connectivity index (χ3v) is 4.73. The first-order chi connectivity index (χ1) is 11.2. The third kappa shape index (κ3) is 8.79. The molecular weight excluding hydrogens is 350 g/mol. The zero-order valence-electron chi connectivity index (χ0n) is 14.7. The van der Waals surface area contributed by atoms with E-state index in [1.165, 1.54) is 11.8 Å². The van der Waals surface area contributed by atoms with Crippen molar-refractivity contribution in [2.24, 2.45) is 11.7 Å². The molecule has 0 bridgehead atoms. The molecule has 0 aromatic carbocycles. The number of carboxylic acid groups (broad SMARTS) is 1. The summed E-state index contributed by atoms with van der Waals surface area (Å²) in [5, 5.41) is 14.4. The van der Waals surface area contributed by atoms with Crippen molar-refractivity contribution in [2.75, 3.05) is 24.0 Å². The van der Waals surface area contributed by atoms with E-state index in [0.717, 1.165) is 5.75 Å². The number of aliphatic carboxylic acids is 1. The molecule has 9 heteroatoms. The van der Waals surface area contributed by atoms with Gasteiger partial charge in [0.15, 0.2) is 0 Å². The van der Waals surface area contributed by atoms with Crippen LogP contribution in [0.15, 0.2) is 0 Å². The van der Waals surface area contributed by atoms with Gasteiger partial charge < -0.3 is 21.5 Å². The van der Waals surface area contributed by atoms with E-state index in [1.807, 2.05) is 12.5 Å². The lowest BCUT2D eigenvalue weighted by Gasteiger charge is -2.25. The Kier molecular flexibility index (Phi) is 12.0. The van der Waals surface area contributed by atoms with E-state index in [0.29, 0.717) is 18.6 Å². The number of carboxylic acids is 1. The number of rotatable bonds is 12. The molecule has 24 heavy (non-hydrogen) atoms. The molecule has 0 aliphatic rings. The second kappa shape index (κ2) is 12.4. The lowest BCUT2D eigenvalue weighted by molar-refractivity contribution is -0.142. The quantitative estimate of drug-likeness (QED) is 0.390. The number of nitrogens with two attached hydrogens (primary N) is 1. The predicted molar refractivity (Wildman–Crippen MR) is 100 cm³/mol. The minimum atomic E-state index is -1.08. The largest absolute Gasteiger partial charge is 0.480 e. The van der Waals surface area contributed by atoms with Gasteiger partial charge in [-0.15, -0.1) is 0 Å². The van der Waals surface area contributed by atoms with Crippen LogP contribution in [0.25, 0.3) is 0 Å². The molecule has 0 spiro atoms. The molecule has 0 aromatic heterocycles. The number of amides is 2. The highest BCUT2D eigenvalue weighted by molar-refractivity contribution is 7.98. The van der Waals surface area contributed by atoms with Crippen LogP contribution in [0.5, 0.6) is 0 Å². The van der Waals surface area contributed by atoms with E-state index >= 15 is 0 Å². The zero-order chi connectivity index (χ0) is 18.7. The van der Waals surface area contributed by atoms with Gasteiger partial charge in [-0.05, 0) is 42.8 Å². The summed E-state index contributed by atoms with van der Waals surface area (Å²) in [7, 11) is 0. The third-order valence-electron chi connectivity index (χ3n) is 3.44. The molecule has 3 atom stereocenters. The first-order valence-corrected chi connectivity index (χ1v) is 10.6. The fourth-order valence-electron chi connectivity index (χ4n) is 1.93. The second-order valence-electron chi connectivity index (χ2n) is 5.80. The van der Waals surface area contributed by atoms with Crippen molar-refractivity contribution in [2.45, 2.75) is 44.8 Å². The van der Waals surface area contributed by atoms with Crippen LogP contribution in [0.1, 0.15) is 26.7 Å². The highest BCUT2D eigenvalue weighted by Crippen LogP contribution is 2.07. The van der Waals surface area contributed by atoms with Crippen LogP contribution in [0, 0.1) is 5.92 Å². The summed E-state index contributed by atoms with van der Waals surface area (Å²) >= 11 is 3.10. The molecular formula is C15H29N3O4S2. The van der Waals surface area contributed by atoms with Crippen molar-refractivity contribution in [1.29, 1.82) is 0 Å². The molecule has 0 aliphatic heterocycles. The Balaban J connectivity index is 4.81. The Labute approximate surface area is 152 Å². The minimum absolute atomic E-state index is 0.184. The SMILES string of the molecule is CSCC[C@H](NC(=O)[C@@H](NC(=O)[C@@H](N)CCSC)C(C)C)C(=O)O. The van der Waals surface area contributed by atoms with Gasteiger partial charge in [0, 0.05) is 0 Å². The molecule has 0 unspecified atom stereocenters. The van der Waals surface area contributed by atoms with Crippen LogP contribution in [0.4, 0.5) is 0 Å². The lowest BCUT2D eigenvalue weighted by Crippen LogP contribution is -2.56. The summed E-state index contributed by atoms with van der Waals surface area (Å²) in [6.07, 6.45) is 4.64. The summed E-state index contributed by atoms with van der Waals surface area (Å²) in [6, 6.07) is -2.46. The van der Waals surface area contributed by atoms with Crippen molar-refractivity contribution >= 4 is 41.3 Å². The van der Waals surface area contributed by atoms with E-state index in [9.17, 15) is 19.5 Å². The molecule has 0 aromatic rings. The summed E-state index contributed by atoms with van der Waals surface area (Å²) in [5.41, 5.74) is 5.81. The molecule has 2 amide bonds. The maximum atomic E-state index is 12.4. The van der Waals surface area contributed by atoms with Gasteiger partial charge in [-0.3, -0.25) is 9.59 Å². The van der Waals surface area contributed by atoms with Crippen molar-refractivity contribution in [3.8, 4) is 0 Å². The van der Waals surface area contributed by atoms with Gasteiger partial charge in [-0.25, -0.2) is 4.79 Å². The second-order valence-corrected chi connectivity index (χ2v) is 7.77. The van der Waals surface area contributed by atoms with Gasteiger partial charge in [0.05, 0.1) is 6.04 Å². The number of hydrogen-bond acceptors (Lipinski definition) is 6. The molecule has 140 valence electrons. The molecule has 0 aliphatic carbocycles. The summed E-state index contributed by atoms with van der Waals surface area (Å²) < 4.78 is 0. The van der Waals surface area contributed by atoms with Gasteiger partial charge in [0.1, 0.15) is 12.1 Å². The number of thioether (sulfide) groups is 2. The van der Waals surface area contributed by atoms with E-state index in [1.54, 1.807) is 25.6 Å². The molecule has 5 N–H and O–H groups in total. The van der Waals surface area contributed by atoms with Crippen molar-refractivity contribution in [3.63, 3.8) is 0 Å². The van der Waals surface area contributed by atoms with Crippen LogP contribution >= 0.6 is 23.5 Å². The number of hydrogen-bond donors (Lipinski definition) is 4. The molecule has 0 fully saturated rings. The van der Waals surface area contributed by atoms with Crippen molar-refractivity contribution in [1.82, 2.24) is 10.6 Å². The number of nitrogens with one attached hydrogen (secondary N) is 2. The molecule has 0 saturated heterocycles. The molecule has 0 heterocycles. The van der Waals surface area contributed by atoms with Crippen LogP contribution < -0.4 is 16.4 Å². The monoisotopic (exact) mass is 379 g/mol. The first kappa shape index (κ1) is 23.1. The van der Waals surface area contributed by atoms with Gasteiger partial charge in [-0.1, -0.05) is 13.8 Å². The molecule has 0 radical (unpaired) electrons. The Bertz CT molecular complexity index is 422. The summed E-state index contributed by atoms with van der Waals surface area (Å²) in [6.45, 7) is 3.57. The maximum absolute atomic E-state index is 12.4. The molecule has 0 saturated carbocycles. The Morgan fingerprint density at radius 1 is 1.00 bits per heavy atom. The lowest BCUT2D eigenvalue weighted by atomic mass is 10.0. The van der Waals surface area contributed by atoms with Crippen LogP contribution in [0.2, 0.25) is 0 Å². The smallest absolute Gasteiger partial charge is 0.326 e. The normalized spacial score (nSPS) is 14.8. The average molecular weight is 380 g/mol. The maximum Gasteiger partial charge on any atom is 0.326 e.